The molecule has 2 aliphatic rings. The Labute approximate surface area is 213 Å². The fraction of sp³-hybridized carbons (Fsp3) is 0.579. The van der Waals surface area contributed by atoms with Gasteiger partial charge in [0.25, 0.3) is 5.56 Å². The molecule has 0 radical (unpaired) electrons. The summed E-state index contributed by atoms with van der Waals surface area (Å²) in [5.74, 6) is 0.118. The third kappa shape index (κ3) is 5.98. The molecule has 4 rings (SSSR count). The number of nitrogens with two attached hydrogens (primary N) is 1. The lowest BCUT2D eigenvalue weighted by molar-refractivity contribution is -0.0415. The number of nitrogen functional groups attached to an aromatic ring is 1. The monoisotopic (exact) mass is 563 g/mol. The highest BCUT2D eigenvalue weighted by Crippen LogP contribution is 2.59. The van der Waals surface area contributed by atoms with Crippen LogP contribution in [0.1, 0.15) is 30.9 Å². The first-order valence-corrected chi connectivity index (χ1v) is 15.2. The van der Waals surface area contributed by atoms with Gasteiger partial charge in [-0.25, -0.2) is 9.59 Å². The molecule has 36 heavy (non-hydrogen) atoms. The number of aromatic nitrogens is 4. The van der Waals surface area contributed by atoms with Crippen LogP contribution in [-0.4, -0.2) is 71.0 Å². The summed E-state index contributed by atoms with van der Waals surface area (Å²) in [6.07, 6.45) is -1.98. The summed E-state index contributed by atoms with van der Waals surface area (Å²) in [6.45, 7) is 1.11. The van der Waals surface area contributed by atoms with Gasteiger partial charge in [-0.1, -0.05) is 11.4 Å². The van der Waals surface area contributed by atoms with Crippen molar-refractivity contribution in [2.45, 2.75) is 56.6 Å². The summed E-state index contributed by atoms with van der Waals surface area (Å²) in [4.78, 5) is 52.5. The summed E-state index contributed by atoms with van der Waals surface area (Å²) in [5, 5.41) is 20.1. The Bertz CT molecular complexity index is 1330. The van der Waals surface area contributed by atoms with Gasteiger partial charge in [-0.2, -0.15) is 4.98 Å². The van der Waals surface area contributed by atoms with Crippen LogP contribution in [-0.2, 0) is 25.8 Å². The van der Waals surface area contributed by atoms with Crippen LogP contribution in [0.3, 0.4) is 0 Å². The Hall–Kier alpha value is -1.88. The average Bonchev–Trinajstić information content (AvgIpc) is 3.37. The van der Waals surface area contributed by atoms with Crippen molar-refractivity contribution in [3.8, 4) is 0 Å². The minimum Gasteiger partial charge on any atom is -0.394 e. The highest BCUT2D eigenvalue weighted by atomic mass is 32.9. The van der Waals surface area contributed by atoms with Crippen molar-refractivity contribution in [2.24, 2.45) is 0 Å². The predicted octanol–water partition coefficient (Wildman–Crippen LogP) is -1.05. The largest absolute Gasteiger partial charge is 0.394 e. The van der Waals surface area contributed by atoms with Crippen LogP contribution in [0.25, 0.3) is 0 Å². The van der Waals surface area contributed by atoms with E-state index in [1.807, 2.05) is 0 Å². The zero-order valence-electron chi connectivity index (χ0n) is 19.0. The highest BCUT2D eigenvalue weighted by Gasteiger charge is 2.41. The van der Waals surface area contributed by atoms with E-state index in [0.29, 0.717) is 5.56 Å². The maximum absolute atomic E-state index is 12.1. The van der Waals surface area contributed by atoms with Crippen molar-refractivity contribution in [1.29, 1.82) is 0 Å². The number of hydrogen-bond donors (Lipinski definition) is 5. The number of nitrogens with zero attached hydrogens (tertiary/aromatic N) is 3. The number of aromatic amines is 1. The van der Waals surface area contributed by atoms with E-state index in [-0.39, 0.29) is 24.4 Å². The molecule has 0 saturated carbocycles. The third-order valence-electron chi connectivity index (χ3n) is 5.85. The van der Waals surface area contributed by atoms with E-state index in [2.05, 4.69) is 9.97 Å². The van der Waals surface area contributed by atoms with Gasteiger partial charge in [-0.15, -0.1) is 0 Å². The number of H-pyrrole nitrogens is 1. The van der Waals surface area contributed by atoms with E-state index >= 15 is 0 Å². The van der Waals surface area contributed by atoms with Crippen molar-refractivity contribution in [1.82, 2.24) is 19.1 Å². The zero-order valence-corrected chi connectivity index (χ0v) is 21.5. The molecular formula is C19H26N5O9PS2. The van der Waals surface area contributed by atoms with Gasteiger partial charge in [-0.3, -0.25) is 18.9 Å². The molecule has 2 aromatic rings. The van der Waals surface area contributed by atoms with Crippen LogP contribution < -0.4 is 22.7 Å². The first-order valence-electron chi connectivity index (χ1n) is 10.9. The summed E-state index contributed by atoms with van der Waals surface area (Å²) in [7, 11) is 0. The maximum atomic E-state index is 12.1. The third-order valence-corrected chi connectivity index (χ3v) is 10.1. The van der Waals surface area contributed by atoms with E-state index in [4.69, 9.17) is 31.5 Å². The smallest absolute Gasteiger partial charge is 0.351 e. The lowest BCUT2D eigenvalue weighted by atomic mass is 10.2. The van der Waals surface area contributed by atoms with Gasteiger partial charge in [-0.05, 0) is 24.8 Å². The normalized spacial score (nSPS) is 29.9. The molecule has 0 aliphatic carbocycles. The minimum atomic E-state index is -3.50. The van der Waals surface area contributed by atoms with Gasteiger partial charge >= 0.3 is 11.4 Å². The van der Waals surface area contributed by atoms with Gasteiger partial charge in [0.2, 0.25) is 5.69 Å². The van der Waals surface area contributed by atoms with Crippen LogP contribution in [0, 0.1) is 6.92 Å². The van der Waals surface area contributed by atoms with Crippen molar-refractivity contribution >= 4 is 34.7 Å². The second kappa shape index (κ2) is 10.8. The standard InChI is InChI=1S/C19H26N5O9PS2/c1-9-6-24(19(29)22-17(9)27)15-4-10(26)13(32-15)8-36-34(30,35)33-11-5-16(31-12(11)7-25)23-3-2-14(20)21-18(23)28/h2-3,6,10-13,15-16,25-26H,4-5,7-8H2,1H3,(H,30,35)(H2,20,21,28)(H,22,27,29)/t10-,11-,12+,13+,15+,16+,34?/m0/s1. The van der Waals surface area contributed by atoms with Gasteiger partial charge in [0.1, 0.15) is 24.4 Å². The van der Waals surface area contributed by atoms with Gasteiger partial charge < -0.3 is 34.8 Å². The van der Waals surface area contributed by atoms with Gasteiger partial charge in [0, 0.05) is 36.6 Å². The average molecular weight is 564 g/mol. The van der Waals surface area contributed by atoms with Crippen molar-refractivity contribution in [3.05, 3.63) is 55.3 Å². The summed E-state index contributed by atoms with van der Waals surface area (Å²) in [6, 6.07) is 1.43. The number of anilines is 1. The fourth-order valence-electron chi connectivity index (χ4n) is 4.00. The van der Waals surface area contributed by atoms with Crippen LogP contribution in [0.2, 0.25) is 0 Å². The van der Waals surface area contributed by atoms with E-state index in [1.165, 1.54) is 27.6 Å². The molecule has 4 heterocycles. The van der Waals surface area contributed by atoms with E-state index in [9.17, 15) is 29.5 Å². The van der Waals surface area contributed by atoms with Crippen LogP contribution in [0.5, 0.6) is 0 Å². The number of hydrogen-bond acceptors (Lipinski definition) is 12. The zero-order chi connectivity index (χ0) is 26.2. The second-order valence-corrected chi connectivity index (χ2v) is 14.6. The molecular weight excluding hydrogens is 537 g/mol. The lowest BCUT2D eigenvalue weighted by Crippen LogP contribution is -2.33. The number of aryl methyl sites for hydroxylation is 1. The topological polar surface area (TPSA) is 204 Å². The van der Waals surface area contributed by atoms with Crippen LogP contribution >= 0.6 is 17.1 Å². The molecule has 0 bridgehead atoms. The number of rotatable bonds is 8. The maximum Gasteiger partial charge on any atom is 0.351 e. The fourth-order valence-corrected chi connectivity index (χ4v) is 7.66. The Balaban J connectivity index is 1.37. The highest BCUT2D eigenvalue weighted by molar-refractivity contribution is 8.67. The van der Waals surface area contributed by atoms with Crippen LogP contribution in [0.4, 0.5) is 5.82 Å². The van der Waals surface area contributed by atoms with E-state index < -0.39 is 66.1 Å². The Morgan fingerprint density at radius 2 is 1.97 bits per heavy atom. The summed E-state index contributed by atoms with van der Waals surface area (Å²) >= 11 is 6.15. The molecule has 14 nitrogen and oxygen atoms in total. The molecule has 6 N–H and O–H groups in total. The number of aliphatic hydroxyl groups is 2. The predicted molar refractivity (Wildman–Crippen MR) is 133 cm³/mol. The van der Waals surface area contributed by atoms with Gasteiger partial charge in [0.05, 0.1) is 24.9 Å². The number of nitrogens with one attached hydrogen (secondary N) is 1. The Morgan fingerprint density at radius 1 is 1.28 bits per heavy atom. The van der Waals surface area contributed by atoms with Crippen molar-refractivity contribution in [3.63, 3.8) is 0 Å². The molecule has 2 aliphatic heterocycles. The molecule has 1 unspecified atom stereocenters. The molecule has 7 atom stereocenters. The summed E-state index contributed by atoms with van der Waals surface area (Å²) in [5.41, 5.74) is 0.541. The molecule has 2 fully saturated rings. The lowest BCUT2D eigenvalue weighted by Gasteiger charge is -2.24. The second-order valence-electron chi connectivity index (χ2n) is 8.41. The van der Waals surface area contributed by atoms with Crippen molar-refractivity contribution < 1.29 is 29.1 Å². The first kappa shape index (κ1) is 27.2. The SMILES string of the molecule is Cc1cn([C@H]2C[C@H](O)[C@@H](CSP(O)(=S)O[C@H]3C[C@H](n4ccc(N)nc4=O)O[C@@H]3CO)O2)c(=O)[nH]c1=O. The van der Waals surface area contributed by atoms with Gasteiger partial charge in [0.15, 0.2) is 0 Å². The quantitative estimate of drug-likeness (QED) is 0.244. The molecule has 2 saturated heterocycles. The van der Waals surface area contributed by atoms with E-state index in [0.717, 1.165) is 11.4 Å². The molecule has 0 aromatic carbocycles. The Kier molecular flexibility index (Phi) is 8.19. The molecule has 0 amide bonds. The first-order chi connectivity index (χ1) is 17.0. The van der Waals surface area contributed by atoms with E-state index in [1.54, 1.807) is 6.92 Å². The minimum absolute atomic E-state index is 0.0575. The molecule has 198 valence electrons. The van der Waals surface area contributed by atoms with Crippen molar-refractivity contribution in [2.75, 3.05) is 18.1 Å². The summed E-state index contributed by atoms with van der Waals surface area (Å²) < 4.78 is 19.6. The molecule has 0 spiro atoms. The number of ether oxygens (including phenoxy) is 2. The number of aliphatic hydroxyl groups excluding tert-OH is 2. The Morgan fingerprint density at radius 3 is 2.67 bits per heavy atom. The molecule has 2 aromatic heterocycles. The van der Waals surface area contributed by atoms with Crippen LogP contribution in [0.15, 0.2) is 32.8 Å². The molecule has 17 heteroatoms.